The minimum Gasteiger partial charge on any atom is -0.496 e. The fraction of sp³-hybridized carbons (Fsp3) is 0.647. The summed E-state index contributed by atoms with van der Waals surface area (Å²) in [4.78, 5) is 2.60. The minimum atomic E-state index is -3.54. The molecule has 0 saturated carbocycles. The van der Waals surface area contributed by atoms with E-state index in [0.717, 1.165) is 37.2 Å². The van der Waals surface area contributed by atoms with Gasteiger partial charge < -0.3 is 14.4 Å². The van der Waals surface area contributed by atoms with Crippen molar-refractivity contribution in [3.63, 3.8) is 0 Å². The van der Waals surface area contributed by atoms with Crippen molar-refractivity contribution in [1.82, 2.24) is 9.62 Å². The van der Waals surface area contributed by atoms with Crippen LogP contribution in [0.1, 0.15) is 17.5 Å². The second-order valence-electron chi connectivity index (χ2n) is 6.39. The van der Waals surface area contributed by atoms with Gasteiger partial charge in [-0.05, 0) is 43.9 Å². The summed E-state index contributed by atoms with van der Waals surface area (Å²) in [5.41, 5.74) is 1.66. The molecule has 0 aliphatic carbocycles. The van der Waals surface area contributed by atoms with Crippen LogP contribution in [0, 0.1) is 19.8 Å². The van der Waals surface area contributed by atoms with Crippen molar-refractivity contribution in [1.29, 1.82) is 0 Å². The second-order valence-corrected chi connectivity index (χ2v) is 8.12. The number of methoxy groups -OCH3 is 2. The highest BCUT2D eigenvalue weighted by Crippen LogP contribution is 2.26. The average molecular weight is 356 g/mol. The number of hydrogen-bond donors (Lipinski definition) is 1. The summed E-state index contributed by atoms with van der Waals surface area (Å²) < 4.78 is 38.4. The number of nitrogens with one attached hydrogen (secondary N) is 1. The number of nitrogens with zero attached hydrogens (tertiary/aromatic N) is 1. The molecule has 1 aliphatic rings. The molecule has 1 aliphatic heterocycles. The van der Waals surface area contributed by atoms with Gasteiger partial charge in [-0.15, -0.1) is 0 Å². The Morgan fingerprint density at radius 1 is 1.25 bits per heavy atom. The van der Waals surface area contributed by atoms with Crippen LogP contribution in [-0.2, 0) is 14.8 Å². The fourth-order valence-electron chi connectivity index (χ4n) is 3.13. The third kappa shape index (κ3) is 4.69. The lowest BCUT2D eigenvalue weighted by atomic mass is 10.1. The van der Waals surface area contributed by atoms with E-state index in [4.69, 9.17) is 9.47 Å². The summed E-state index contributed by atoms with van der Waals surface area (Å²) in [5.74, 6) is 0.928. The van der Waals surface area contributed by atoms with E-state index in [1.165, 1.54) is 0 Å². The van der Waals surface area contributed by atoms with Crippen molar-refractivity contribution in [3.05, 3.63) is 23.3 Å². The molecule has 1 aromatic rings. The first-order valence-corrected chi connectivity index (χ1v) is 9.72. The Balaban J connectivity index is 2.00. The van der Waals surface area contributed by atoms with Gasteiger partial charge in [-0.3, -0.25) is 0 Å². The van der Waals surface area contributed by atoms with Gasteiger partial charge in [0, 0.05) is 32.8 Å². The van der Waals surface area contributed by atoms with Gasteiger partial charge in [0.2, 0.25) is 10.0 Å². The highest BCUT2D eigenvalue weighted by atomic mass is 32.2. The van der Waals surface area contributed by atoms with Crippen LogP contribution in [0.3, 0.4) is 0 Å². The van der Waals surface area contributed by atoms with E-state index in [0.29, 0.717) is 29.7 Å². The van der Waals surface area contributed by atoms with Crippen molar-refractivity contribution in [2.24, 2.45) is 5.92 Å². The molecule has 0 amide bonds. The molecule has 1 atom stereocenters. The number of rotatable bonds is 8. The average Bonchev–Trinajstić information content (AvgIpc) is 2.99. The van der Waals surface area contributed by atoms with Gasteiger partial charge in [-0.25, -0.2) is 13.1 Å². The van der Waals surface area contributed by atoms with Crippen LogP contribution in [0.2, 0.25) is 0 Å². The number of ether oxygens (including phenoxy) is 2. The molecule has 24 heavy (non-hydrogen) atoms. The Labute approximate surface area is 145 Å². The van der Waals surface area contributed by atoms with E-state index in [1.807, 2.05) is 19.9 Å². The molecule has 1 fully saturated rings. The van der Waals surface area contributed by atoms with E-state index in [1.54, 1.807) is 20.3 Å². The predicted octanol–water partition coefficient (Wildman–Crippen LogP) is 1.56. The minimum absolute atomic E-state index is 0.291. The van der Waals surface area contributed by atoms with Gasteiger partial charge in [-0.2, -0.15) is 0 Å². The lowest BCUT2D eigenvalue weighted by Crippen LogP contribution is -2.32. The molecule has 0 spiro atoms. The number of aryl methyl sites for hydroxylation is 2. The third-order valence-electron chi connectivity index (χ3n) is 4.53. The molecular weight excluding hydrogens is 328 g/mol. The van der Waals surface area contributed by atoms with Gasteiger partial charge in [0.15, 0.2) is 0 Å². The van der Waals surface area contributed by atoms with Crippen LogP contribution in [0.25, 0.3) is 0 Å². The molecule has 0 unspecified atom stereocenters. The van der Waals surface area contributed by atoms with Crippen LogP contribution in [0.4, 0.5) is 0 Å². The first-order chi connectivity index (χ1) is 11.4. The molecule has 0 bridgehead atoms. The van der Waals surface area contributed by atoms with Crippen molar-refractivity contribution in [3.8, 4) is 5.75 Å². The lowest BCUT2D eigenvalue weighted by molar-refractivity contribution is 0.159. The fourth-order valence-corrected chi connectivity index (χ4v) is 4.49. The zero-order valence-corrected chi connectivity index (χ0v) is 15.8. The van der Waals surface area contributed by atoms with Crippen molar-refractivity contribution >= 4 is 10.0 Å². The summed E-state index contributed by atoms with van der Waals surface area (Å²) in [5, 5.41) is 0. The number of benzene rings is 1. The number of hydrogen-bond acceptors (Lipinski definition) is 5. The van der Waals surface area contributed by atoms with Crippen LogP contribution in [0.5, 0.6) is 5.75 Å². The van der Waals surface area contributed by atoms with E-state index >= 15 is 0 Å². The molecule has 7 heteroatoms. The topological polar surface area (TPSA) is 67.9 Å². The van der Waals surface area contributed by atoms with Gasteiger partial charge in [-0.1, -0.05) is 6.07 Å². The number of sulfonamides is 1. The Kier molecular flexibility index (Phi) is 6.62. The molecule has 0 radical (unpaired) electrons. The zero-order valence-electron chi connectivity index (χ0n) is 15.0. The van der Waals surface area contributed by atoms with Crippen molar-refractivity contribution < 1.29 is 17.9 Å². The summed E-state index contributed by atoms with van der Waals surface area (Å²) in [6.45, 7) is 7.68. The summed E-state index contributed by atoms with van der Waals surface area (Å²) >= 11 is 0. The molecule has 1 heterocycles. The molecule has 1 saturated heterocycles. The Bertz CT molecular complexity index is 661. The van der Waals surface area contributed by atoms with E-state index in [9.17, 15) is 8.42 Å². The first-order valence-electron chi connectivity index (χ1n) is 8.23. The highest BCUT2D eigenvalue weighted by Gasteiger charge is 2.25. The standard InChI is InChI=1S/C17H28N2O4S/c1-13-9-14(2)17(10-16(13)23-4)24(20,21)18-11-15-5-6-19(12-15)7-8-22-3/h9-10,15,18H,5-8,11-12H2,1-4H3/t15-/m1/s1. The second kappa shape index (κ2) is 8.29. The molecule has 6 nitrogen and oxygen atoms in total. The molecule has 0 aromatic heterocycles. The zero-order chi connectivity index (χ0) is 17.7. The first kappa shape index (κ1) is 19.2. The van der Waals surface area contributed by atoms with Gasteiger partial charge in [0.05, 0.1) is 18.6 Å². The Morgan fingerprint density at radius 2 is 2.00 bits per heavy atom. The monoisotopic (exact) mass is 356 g/mol. The maximum absolute atomic E-state index is 12.6. The van der Waals surface area contributed by atoms with Crippen molar-refractivity contribution in [2.45, 2.75) is 25.2 Å². The normalized spacial score (nSPS) is 18.9. The Morgan fingerprint density at radius 3 is 2.67 bits per heavy atom. The third-order valence-corrected chi connectivity index (χ3v) is 6.09. The number of likely N-dealkylation sites (tertiary alicyclic amines) is 1. The van der Waals surface area contributed by atoms with Gasteiger partial charge >= 0.3 is 0 Å². The molecular formula is C17H28N2O4S. The SMILES string of the molecule is COCCN1CC[C@H](CNS(=O)(=O)c2cc(OC)c(C)cc2C)C1. The summed E-state index contributed by atoms with van der Waals surface area (Å²) in [7, 11) is -0.291. The van der Waals surface area contributed by atoms with E-state index < -0.39 is 10.0 Å². The quantitative estimate of drug-likeness (QED) is 0.766. The Hall–Kier alpha value is -1.15. The predicted molar refractivity (Wildman–Crippen MR) is 94.1 cm³/mol. The lowest BCUT2D eigenvalue weighted by Gasteiger charge is -2.16. The van der Waals surface area contributed by atoms with Crippen LogP contribution in [0.15, 0.2) is 17.0 Å². The van der Waals surface area contributed by atoms with Gasteiger partial charge in [0.1, 0.15) is 5.75 Å². The molecule has 1 N–H and O–H groups in total. The maximum Gasteiger partial charge on any atom is 0.240 e. The summed E-state index contributed by atoms with van der Waals surface area (Å²) in [6.07, 6.45) is 1.00. The van der Waals surface area contributed by atoms with Crippen LogP contribution < -0.4 is 9.46 Å². The van der Waals surface area contributed by atoms with Crippen LogP contribution >= 0.6 is 0 Å². The van der Waals surface area contributed by atoms with Gasteiger partial charge in [0.25, 0.3) is 0 Å². The van der Waals surface area contributed by atoms with E-state index in [2.05, 4.69) is 9.62 Å². The maximum atomic E-state index is 12.6. The van der Waals surface area contributed by atoms with E-state index in [-0.39, 0.29) is 0 Å². The summed E-state index contributed by atoms with van der Waals surface area (Å²) in [6, 6.07) is 3.45. The molecule has 136 valence electrons. The van der Waals surface area contributed by atoms with Crippen LogP contribution in [-0.4, -0.2) is 60.3 Å². The smallest absolute Gasteiger partial charge is 0.240 e. The van der Waals surface area contributed by atoms with Crippen molar-refractivity contribution in [2.75, 3.05) is 47.0 Å². The molecule has 1 aromatic carbocycles. The highest BCUT2D eigenvalue weighted by molar-refractivity contribution is 7.89. The largest absolute Gasteiger partial charge is 0.496 e. The molecule has 2 rings (SSSR count).